The Bertz CT molecular complexity index is 907. The van der Waals surface area contributed by atoms with Gasteiger partial charge in [0.1, 0.15) is 42.7 Å². The smallest absolute Gasteiger partial charge is 0.187 e. The third-order valence-electron chi connectivity index (χ3n) is 9.49. The highest BCUT2D eigenvalue weighted by Gasteiger charge is 2.53. The molecular weight excluding hydrogens is 586 g/mol. The van der Waals surface area contributed by atoms with Crippen molar-refractivity contribution in [3.05, 3.63) is 0 Å². The van der Waals surface area contributed by atoms with Crippen molar-refractivity contribution in [2.24, 2.45) is 28.9 Å². The molecule has 1 saturated carbocycles. The fourth-order valence-corrected chi connectivity index (χ4v) is 6.71. The number of nitrogens with two attached hydrogens (primary N) is 4. The molecule has 0 bridgehead atoms. The lowest BCUT2D eigenvalue weighted by atomic mass is 9.84. The van der Waals surface area contributed by atoms with E-state index >= 15 is 0 Å². The molecular formula is C27H51N5O12. The average Bonchev–Trinajstić information content (AvgIpc) is 3.32. The predicted molar refractivity (Wildman–Crippen MR) is 150 cm³/mol. The summed E-state index contributed by atoms with van der Waals surface area (Å²) in [6.45, 7) is 2.81. The number of hydrogen-bond donors (Lipinski definition) is 10. The van der Waals surface area contributed by atoms with Crippen molar-refractivity contribution in [1.82, 2.24) is 5.32 Å². The summed E-state index contributed by atoms with van der Waals surface area (Å²) >= 11 is 0. The van der Waals surface area contributed by atoms with Gasteiger partial charge in [-0.2, -0.15) is 0 Å². The molecule has 0 aromatic rings. The molecule has 0 aromatic heterocycles. The van der Waals surface area contributed by atoms with Gasteiger partial charge in [0.25, 0.3) is 0 Å². The van der Waals surface area contributed by atoms with Gasteiger partial charge in [0.2, 0.25) is 0 Å². The first-order valence-corrected chi connectivity index (χ1v) is 15.6. The summed E-state index contributed by atoms with van der Waals surface area (Å²) < 4.78 is 41.9. The predicted octanol–water partition coefficient (Wildman–Crippen LogP) is -5.50. The highest BCUT2D eigenvalue weighted by molar-refractivity contribution is 5.01. The number of morpholine rings is 1. The maximum Gasteiger partial charge on any atom is 0.187 e. The maximum atomic E-state index is 11.3. The molecule has 1 unspecified atom stereocenters. The fourth-order valence-electron chi connectivity index (χ4n) is 6.71. The van der Waals surface area contributed by atoms with E-state index in [1.54, 1.807) is 6.92 Å². The van der Waals surface area contributed by atoms with Crippen molar-refractivity contribution in [3.8, 4) is 0 Å². The second-order valence-corrected chi connectivity index (χ2v) is 12.6. The van der Waals surface area contributed by atoms with Crippen LogP contribution in [0.3, 0.4) is 0 Å². The largest absolute Gasteiger partial charge is 0.394 e. The number of aliphatic hydroxyl groups is 5. The van der Waals surface area contributed by atoms with E-state index in [2.05, 4.69) is 5.32 Å². The number of hydrogen-bond acceptors (Lipinski definition) is 17. The number of rotatable bonds is 9. The van der Waals surface area contributed by atoms with Crippen LogP contribution < -0.4 is 28.3 Å². The summed E-state index contributed by atoms with van der Waals surface area (Å²) in [4.78, 5) is 0. The molecule has 256 valence electrons. The van der Waals surface area contributed by atoms with Gasteiger partial charge in [0, 0.05) is 31.1 Å². The van der Waals surface area contributed by atoms with Gasteiger partial charge in [-0.3, -0.25) is 0 Å². The normalized spacial score (nSPS) is 52.2. The van der Waals surface area contributed by atoms with E-state index in [1.165, 1.54) is 0 Å². The van der Waals surface area contributed by atoms with Crippen molar-refractivity contribution < 1.29 is 58.7 Å². The van der Waals surface area contributed by atoms with Crippen molar-refractivity contribution >= 4 is 0 Å². The molecule has 4 aliphatic heterocycles. The molecule has 14 N–H and O–H groups in total. The zero-order valence-corrected chi connectivity index (χ0v) is 25.0. The zero-order valence-electron chi connectivity index (χ0n) is 25.0. The van der Waals surface area contributed by atoms with E-state index in [0.29, 0.717) is 32.6 Å². The molecule has 5 aliphatic rings. The lowest BCUT2D eigenvalue weighted by molar-refractivity contribution is -0.297. The maximum absolute atomic E-state index is 11.3. The Hall–Kier alpha value is -0.680. The molecule has 4 saturated heterocycles. The van der Waals surface area contributed by atoms with E-state index in [1.807, 2.05) is 0 Å². The Morgan fingerprint density at radius 2 is 1.45 bits per heavy atom. The lowest BCUT2D eigenvalue weighted by Crippen LogP contribution is -2.66. The standard InChI is InChI=1S/C27H51N5O12/c1-10-18(34)20(36)16(7-28)40-25(10)43-23-17(8-33)41-27(21(23)37)44-24-19(35)12(30)6-13(31)22(24)42-26-11(29)2-3-15(39-26)14-9-38-5-4-32-14/h10-27,32-37H,2-9,28-31H2,1H3/t10-,11-,12-,13+,14+,15+,16+,17-,18-,19+,20-,21-,22-,23-,24-,25?,26-,27+/m1/s1. The summed E-state index contributed by atoms with van der Waals surface area (Å²) in [5.41, 5.74) is 24.7. The van der Waals surface area contributed by atoms with Crippen LogP contribution in [0.15, 0.2) is 0 Å². The van der Waals surface area contributed by atoms with Crippen LogP contribution in [0.2, 0.25) is 0 Å². The Morgan fingerprint density at radius 1 is 0.750 bits per heavy atom. The second-order valence-electron chi connectivity index (χ2n) is 12.6. The third kappa shape index (κ3) is 7.24. The van der Waals surface area contributed by atoms with Gasteiger partial charge >= 0.3 is 0 Å². The topological polar surface area (TPSA) is 282 Å². The van der Waals surface area contributed by atoms with Gasteiger partial charge in [-0.05, 0) is 19.3 Å². The van der Waals surface area contributed by atoms with Crippen LogP contribution in [0.4, 0.5) is 0 Å². The molecule has 18 atom stereocenters. The lowest BCUT2D eigenvalue weighted by Gasteiger charge is -2.46. The minimum absolute atomic E-state index is 0.0248. The average molecular weight is 638 g/mol. The first-order valence-electron chi connectivity index (χ1n) is 15.6. The van der Waals surface area contributed by atoms with Crippen LogP contribution in [0, 0.1) is 5.92 Å². The Balaban J connectivity index is 1.28. The van der Waals surface area contributed by atoms with Gasteiger partial charge in [0.15, 0.2) is 18.9 Å². The van der Waals surface area contributed by atoms with Crippen LogP contribution in [-0.2, 0) is 33.2 Å². The monoisotopic (exact) mass is 637 g/mol. The molecule has 5 fully saturated rings. The first kappa shape index (κ1) is 34.6. The minimum atomic E-state index is -1.47. The Labute approximate surface area is 256 Å². The van der Waals surface area contributed by atoms with E-state index in [-0.39, 0.29) is 25.1 Å². The van der Waals surface area contributed by atoms with Crippen LogP contribution in [-0.4, -0.2) is 163 Å². The number of aliphatic hydroxyl groups excluding tert-OH is 5. The van der Waals surface area contributed by atoms with Gasteiger partial charge in [-0.15, -0.1) is 0 Å². The highest BCUT2D eigenvalue weighted by atomic mass is 16.8. The van der Waals surface area contributed by atoms with Crippen molar-refractivity contribution in [2.45, 2.75) is 130 Å². The van der Waals surface area contributed by atoms with Crippen molar-refractivity contribution in [3.63, 3.8) is 0 Å². The summed E-state index contributed by atoms with van der Waals surface area (Å²) in [6.07, 6.45) is -12.4. The fraction of sp³-hybridized carbons (Fsp3) is 1.00. The molecule has 44 heavy (non-hydrogen) atoms. The van der Waals surface area contributed by atoms with E-state index in [9.17, 15) is 25.5 Å². The molecule has 0 aromatic carbocycles. The van der Waals surface area contributed by atoms with Gasteiger partial charge in [0.05, 0.1) is 50.2 Å². The summed E-state index contributed by atoms with van der Waals surface area (Å²) in [5.74, 6) is -0.702. The summed E-state index contributed by atoms with van der Waals surface area (Å²) in [6, 6.07) is -1.93. The SMILES string of the molecule is C[C@H]1C(O[C@H]2[C@@H](O)[C@H](O[C@@H]3[C@@H](O)[C@H](N)C[C@H](N)[C@H]3O[C@H]3O[C@H]([C@@H]4COCCN4)CC[C@H]3N)O[C@@H]2CO)O[C@@H](CN)[C@@H](O)[C@@H]1O. The molecule has 17 heteroatoms. The molecule has 0 radical (unpaired) electrons. The van der Waals surface area contributed by atoms with E-state index < -0.39 is 104 Å². The van der Waals surface area contributed by atoms with Crippen molar-refractivity contribution in [1.29, 1.82) is 0 Å². The highest BCUT2D eigenvalue weighted by Crippen LogP contribution is 2.35. The Morgan fingerprint density at radius 3 is 2.14 bits per heavy atom. The zero-order chi connectivity index (χ0) is 31.7. The molecule has 17 nitrogen and oxygen atoms in total. The molecule has 5 rings (SSSR count). The van der Waals surface area contributed by atoms with Crippen LogP contribution in [0.25, 0.3) is 0 Å². The van der Waals surface area contributed by atoms with Gasteiger partial charge < -0.3 is 86.9 Å². The number of nitrogens with one attached hydrogen (secondary N) is 1. The third-order valence-corrected chi connectivity index (χ3v) is 9.49. The van der Waals surface area contributed by atoms with Crippen LogP contribution in [0.5, 0.6) is 0 Å². The minimum Gasteiger partial charge on any atom is -0.394 e. The first-order chi connectivity index (χ1) is 21.0. The van der Waals surface area contributed by atoms with Crippen LogP contribution in [0.1, 0.15) is 26.2 Å². The molecule has 0 amide bonds. The molecule has 0 spiro atoms. The quantitative estimate of drug-likeness (QED) is 0.113. The van der Waals surface area contributed by atoms with Crippen LogP contribution >= 0.6 is 0 Å². The number of ether oxygens (including phenoxy) is 7. The van der Waals surface area contributed by atoms with Crippen molar-refractivity contribution in [2.75, 3.05) is 32.9 Å². The molecule has 4 heterocycles. The van der Waals surface area contributed by atoms with E-state index in [4.69, 9.17) is 56.1 Å². The Kier molecular flexibility index (Phi) is 11.8. The van der Waals surface area contributed by atoms with E-state index in [0.717, 1.165) is 0 Å². The summed E-state index contributed by atoms with van der Waals surface area (Å²) in [7, 11) is 0. The second kappa shape index (κ2) is 15.0. The summed E-state index contributed by atoms with van der Waals surface area (Å²) in [5, 5.41) is 56.6. The van der Waals surface area contributed by atoms with Gasteiger partial charge in [-0.25, -0.2) is 0 Å². The van der Waals surface area contributed by atoms with Gasteiger partial charge in [-0.1, -0.05) is 6.92 Å². The molecule has 1 aliphatic carbocycles.